The molecule has 314 valence electrons. The smallest absolute Gasteiger partial charge is 0.274 e. The number of nitrogens with zero attached hydrogens (tertiary/aromatic N) is 5. The molecule has 0 unspecified atom stereocenters. The molecule has 6 N–H and O–H groups in total. The molecule has 5 heterocycles. The van der Waals surface area contributed by atoms with Crippen molar-refractivity contribution in [3.63, 3.8) is 0 Å². The van der Waals surface area contributed by atoms with Crippen molar-refractivity contribution in [2.75, 3.05) is 31.4 Å². The molecule has 2 aromatic carbocycles. The minimum absolute atomic E-state index is 0.122. The number of benzene rings is 2. The number of rotatable bonds is 13. The zero-order valence-electron chi connectivity index (χ0n) is 34.3. The number of amides is 4. The Kier molecular flexibility index (Phi) is 14.2. The van der Waals surface area contributed by atoms with Crippen molar-refractivity contribution in [2.45, 2.75) is 41.2 Å². The van der Waals surface area contributed by atoms with Gasteiger partial charge < -0.3 is 21.3 Å². The fourth-order valence-electron chi connectivity index (χ4n) is 6.11. The Bertz CT molecular complexity index is 2740. The molecule has 5 aromatic heterocycles. The van der Waals surface area contributed by atoms with Gasteiger partial charge >= 0.3 is 0 Å². The van der Waals surface area contributed by atoms with Crippen molar-refractivity contribution in [1.29, 1.82) is 0 Å². The molecular formula is C42H43N11O6S2. The van der Waals surface area contributed by atoms with E-state index >= 15 is 0 Å². The van der Waals surface area contributed by atoms with E-state index in [-0.39, 0.29) is 23.6 Å². The number of hydrogen-bond acceptors (Lipinski definition) is 15. The second-order valence-electron chi connectivity index (χ2n) is 13.4. The second-order valence-corrected chi connectivity index (χ2v) is 15.4. The van der Waals surface area contributed by atoms with Crippen LogP contribution in [0.2, 0.25) is 0 Å². The molecule has 7 aromatic rings. The van der Waals surface area contributed by atoms with Crippen LogP contribution in [0, 0.1) is 27.7 Å². The lowest BCUT2D eigenvalue weighted by molar-refractivity contribution is 0.0533. The maximum atomic E-state index is 12.9. The molecule has 19 heteroatoms. The van der Waals surface area contributed by atoms with Crippen LogP contribution in [0.5, 0.6) is 0 Å². The van der Waals surface area contributed by atoms with Crippen LogP contribution < -0.4 is 32.2 Å². The first kappa shape index (κ1) is 43.6. The molecule has 61 heavy (non-hydrogen) atoms. The number of pyridine rings is 1. The van der Waals surface area contributed by atoms with E-state index in [0.717, 1.165) is 49.2 Å². The number of nitrogens with one attached hydrogen (secondary N) is 6. The molecule has 0 atom stereocenters. The quantitative estimate of drug-likeness (QED) is 0.0661. The molecule has 0 aliphatic rings. The number of carbonyl (C=O) groups is 4. The van der Waals surface area contributed by atoms with Crippen LogP contribution in [0.4, 0.5) is 23.0 Å². The third-order valence-corrected chi connectivity index (χ3v) is 11.7. The van der Waals surface area contributed by atoms with Gasteiger partial charge in [0.05, 0.1) is 47.0 Å². The maximum Gasteiger partial charge on any atom is 0.274 e. The third kappa shape index (κ3) is 10.1. The van der Waals surface area contributed by atoms with Gasteiger partial charge in [-0.1, -0.05) is 18.2 Å². The zero-order valence-corrected chi connectivity index (χ0v) is 36.0. The summed E-state index contributed by atoms with van der Waals surface area (Å²) in [5.74, 6) is 0.132. The Balaban J connectivity index is 0.000000207. The normalized spacial score (nSPS) is 10.7. The summed E-state index contributed by atoms with van der Waals surface area (Å²) in [6.07, 6.45) is 4.60. The van der Waals surface area contributed by atoms with Gasteiger partial charge in [0.25, 0.3) is 23.6 Å². The number of hydroxylamine groups is 2. The van der Waals surface area contributed by atoms with Crippen LogP contribution in [-0.4, -0.2) is 69.3 Å². The summed E-state index contributed by atoms with van der Waals surface area (Å²) in [6, 6.07) is 16.1. The fraction of sp³-hybridized carbons (Fsp3) is 0.214. The highest BCUT2D eigenvalue weighted by molar-refractivity contribution is 7.21. The Hall–Kier alpha value is -6.93. The van der Waals surface area contributed by atoms with Gasteiger partial charge in [0.15, 0.2) is 0 Å². The molecule has 0 saturated carbocycles. The second kappa shape index (κ2) is 19.9. The average molecular weight is 862 g/mol. The molecule has 17 nitrogen and oxygen atoms in total. The summed E-state index contributed by atoms with van der Waals surface area (Å²) in [7, 11) is 2.76. The number of carbonyl (C=O) groups excluding carboxylic acids is 4. The molecule has 0 radical (unpaired) electrons. The van der Waals surface area contributed by atoms with Gasteiger partial charge in [-0.3, -0.25) is 33.8 Å². The molecule has 0 bridgehead atoms. The van der Waals surface area contributed by atoms with Crippen molar-refractivity contribution in [2.24, 2.45) is 0 Å². The molecule has 0 saturated heterocycles. The summed E-state index contributed by atoms with van der Waals surface area (Å²) in [6.45, 7) is 10.4. The Morgan fingerprint density at radius 2 is 1.10 bits per heavy atom. The lowest BCUT2D eigenvalue weighted by Gasteiger charge is -2.12. The van der Waals surface area contributed by atoms with Crippen LogP contribution in [0.25, 0.3) is 20.4 Å². The van der Waals surface area contributed by atoms with Crippen LogP contribution in [0.15, 0.2) is 73.4 Å². The zero-order chi connectivity index (χ0) is 43.6. The van der Waals surface area contributed by atoms with Crippen molar-refractivity contribution >= 4 is 89.7 Å². The van der Waals surface area contributed by atoms with Gasteiger partial charge in [-0.25, -0.2) is 30.9 Å². The van der Waals surface area contributed by atoms with E-state index in [9.17, 15) is 19.2 Å². The number of aromatic nitrogens is 5. The number of fused-ring (bicyclic) bond motifs is 2. The van der Waals surface area contributed by atoms with Crippen molar-refractivity contribution < 1.29 is 28.9 Å². The summed E-state index contributed by atoms with van der Waals surface area (Å²) < 4.78 is 0. The highest BCUT2D eigenvalue weighted by atomic mass is 32.1. The predicted molar refractivity (Wildman–Crippen MR) is 236 cm³/mol. The molecule has 4 amide bonds. The molecule has 0 fully saturated rings. The standard InChI is InChI=1S/C23H22N6O3S.C19H21N5O3S/c1-13-7-8-15(21(30)29-32-3)10-17(13)28-20-18-14(2)19(33-23(18)27-12-26-20)22(31)25-11-16-6-4-5-9-24-16;1-5-20-18(26)15-11(3)14-16(21-9-22-19(14)28-15)23-13-8-12(7-6-10(13)2)17(25)24-27-4/h4-10,12H,11H2,1-3H3,(H,25,31)(H,29,30)(H,26,27,28);6-9H,5H2,1-4H3,(H,20,26)(H,24,25)(H,21,22,23). The van der Waals surface area contributed by atoms with E-state index in [4.69, 9.17) is 4.84 Å². The SMILES string of the molecule is CCNC(=O)c1sc2ncnc(Nc3cc(C(=O)NOC)ccc3C)c2c1C.CONC(=O)c1ccc(C)c(Nc2ncnc3sc(C(=O)NCc4ccccn4)c(C)c23)c1. The topological polar surface area (TPSA) is 223 Å². The van der Waals surface area contributed by atoms with Crippen LogP contribution in [-0.2, 0) is 16.2 Å². The van der Waals surface area contributed by atoms with Crippen LogP contribution in [0.3, 0.4) is 0 Å². The highest BCUT2D eigenvalue weighted by Crippen LogP contribution is 2.36. The van der Waals surface area contributed by atoms with Gasteiger partial charge in [-0.05, 0) is 93.3 Å². The average Bonchev–Trinajstić information content (AvgIpc) is 3.79. The van der Waals surface area contributed by atoms with Gasteiger partial charge in [0.2, 0.25) is 0 Å². The van der Waals surface area contributed by atoms with E-state index < -0.39 is 0 Å². The number of hydrogen-bond donors (Lipinski definition) is 6. The highest BCUT2D eigenvalue weighted by Gasteiger charge is 2.22. The minimum Gasteiger partial charge on any atom is -0.352 e. The molecule has 0 aliphatic heterocycles. The summed E-state index contributed by atoms with van der Waals surface area (Å²) in [4.78, 5) is 83.0. The van der Waals surface area contributed by atoms with Gasteiger partial charge in [0.1, 0.15) is 34.0 Å². The lowest BCUT2D eigenvalue weighted by Crippen LogP contribution is -2.22. The lowest BCUT2D eigenvalue weighted by atomic mass is 10.1. The predicted octanol–water partition coefficient (Wildman–Crippen LogP) is 6.76. The van der Waals surface area contributed by atoms with E-state index in [1.54, 1.807) is 30.5 Å². The van der Waals surface area contributed by atoms with Gasteiger partial charge in [0, 0.05) is 35.2 Å². The molecule has 0 aliphatic carbocycles. The Labute approximate surface area is 358 Å². The Morgan fingerprint density at radius 3 is 1.54 bits per heavy atom. The van der Waals surface area contributed by atoms with E-state index in [2.05, 4.69) is 62.0 Å². The van der Waals surface area contributed by atoms with Crippen molar-refractivity contribution in [3.8, 4) is 0 Å². The monoisotopic (exact) mass is 861 g/mol. The van der Waals surface area contributed by atoms with E-state index in [0.29, 0.717) is 56.1 Å². The fourth-order valence-corrected chi connectivity index (χ4v) is 8.24. The van der Waals surface area contributed by atoms with Gasteiger partial charge in [-0.2, -0.15) is 0 Å². The molecule has 7 rings (SSSR count). The summed E-state index contributed by atoms with van der Waals surface area (Å²) in [5, 5.41) is 13.9. The van der Waals surface area contributed by atoms with E-state index in [1.807, 2.05) is 65.0 Å². The largest absolute Gasteiger partial charge is 0.352 e. The summed E-state index contributed by atoms with van der Waals surface area (Å²) in [5.41, 5.74) is 11.2. The number of anilines is 4. The summed E-state index contributed by atoms with van der Waals surface area (Å²) >= 11 is 2.64. The number of aryl methyl sites for hydroxylation is 4. The Morgan fingerprint density at radius 1 is 0.607 bits per heavy atom. The van der Waals surface area contributed by atoms with Crippen LogP contribution in [0.1, 0.15) is 74.9 Å². The first-order chi connectivity index (χ1) is 29.4. The minimum atomic E-state index is -0.355. The first-order valence-corrected chi connectivity index (χ1v) is 20.4. The number of thiophene rings is 2. The molecular weight excluding hydrogens is 819 g/mol. The van der Waals surface area contributed by atoms with E-state index in [1.165, 1.54) is 49.5 Å². The third-order valence-electron chi connectivity index (χ3n) is 9.25. The van der Waals surface area contributed by atoms with Crippen LogP contribution >= 0.6 is 22.7 Å². The first-order valence-electron chi connectivity index (χ1n) is 18.8. The maximum absolute atomic E-state index is 12.9. The molecule has 0 spiro atoms. The van der Waals surface area contributed by atoms with Crippen molar-refractivity contribution in [3.05, 3.63) is 122 Å². The van der Waals surface area contributed by atoms with Crippen molar-refractivity contribution in [1.82, 2.24) is 46.5 Å². The van der Waals surface area contributed by atoms with Gasteiger partial charge in [-0.15, -0.1) is 22.7 Å².